The Morgan fingerprint density at radius 3 is 2.38 bits per heavy atom. The summed E-state index contributed by atoms with van der Waals surface area (Å²) >= 11 is 0. The lowest BCUT2D eigenvalue weighted by molar-refractivity contribution is 0.0531. The Morgan fingerprint density at radius 2 is 2.25 bits per heavy atom. The van der Waals surface area contributed by atoms with Gasteiger partial charge in [-0.1, -0.05) is 6.92 Å². The molecular weight excluding hydrogens is 129 g/mol. The molecular formula is C5H11ClFN. The number of halogens is 2. The van der Waals surface area contributed by atoms with Crippen LogP contribution in [0.25, 0.3) is 0 Å². The van der Waals surface area contributed by atoms with Crippen molar-refractivity contribution in [2.24, 2.45) is 5.92 Å². The molecule has 0 aliphatic carbocycles. The highest BCUT2D eigenvalue weighted by Gasteiger charge is 2.16. The molecule has 0 aromatic carbocycles. The van der Waals surface area contributed by atoms with Crippen LogP contribution in [0.5, 0.6) is 0 Å². The van der Waals surface area contributed by atoms with E-state index >= 15 is 0 Å². The number of nitrogens with zero attached hydrogens (tertiary/aromatic N) is 1. The van der Waals surface area contributed by atoms with E-state index in [1.54, 1.807) is 0 Å². The lowest BCUT2D eigenvalue weighted by atomic mass is 10.2. The monoisotopic (exact) mass is 139 g/mol. The van der Waals surface area contributed by atoms with Gasteiger partial charge in [0.1, 0.15) is 0 Å². The van der Waals surface area contributed by atoms with Crippen LogP contribution in [-0.4, -0.2) is 18.2 Å². The molecule has 0 spiro atoms. The SMILES string of the molecule is C[C@@H]1CCN(F)C1.Cl. The molecule has 1 atom stereocenters. The normalized spacial score (nSPS) is 30.0. The van der Waals surface area contributed by atoms with Crippen molar-refractivity contribution in [3.8, 4) is 0 Å². The first-order valence-corrected chi connectivity index (χ1v) is 2.70. The zero-order valence-corrected chi connectivity index (χ0v) is 5.75. The van der Waals surface area contributed by atoms with Gasteiger partial charge in [0.25, 0.3) is 0 Å². The molecule has 0 aromatic rings. The van der Waals surface area contributed by atoms with Gasteiger partial charge in [-0.15, -0.1) is 22.0 Å². The Balaban J connectivity index is 0.000000490. The molecule has 3 heteroatoms. The molecule has 0 bridgehead atoms. The van der Waals surface area contributed by atoms with E-state index in [0.29, 0.717) is 19.0 Å². The Hall–Kier alpha value is 0.180. The molecule has 0 unspecified atom stereocenters. The summed E-state index contributed by atoms with van der Waals surface area (Å²) in [6.45, 7) is 3.35. The number of rotatable bonds is 0. The molecule has 1 rings (SSSR count). The predicted molar refractivity (Wildman–Crippen MR) is 33.7 cm³/mol. The number of hydrogen-bond donors (Lipinski definition) is 0. The van der Waals surface area contributed by atoms with Crippen LogP contribution < -0.4 is 0 Å². The Morgan fingerprint density at radius 1 is 1.62 bits per heavy atom. The third-order valence-corrected chi connectivity index (χ3v) is 1.37. The topological polar surface area (TPSA) is 3.24 Å². The van der Waals surface area contributed by atoms with Crippen molar-refractivity contribution in [3.05, 3.63) is 0 Å². The molecule has 0 saturated carbocycles. The maximum absolute atomic E-state index is 12.0. The van der Waals surface area contributed by atoms with E-state index in [-0.39, 0.29) is 12.4 Å². The second kappa shape index (κ2) is 3.25. The zero-order valence-electron chi connectivity index (χ0n) is 4.93. The molecule has 50 valence electrons. The van der Waals surface area contributed by atoms with E-state index in [2.05, 4.69) is 6.92 Å². The van der Waals surface area contributed by atoms with Crippen molar-refractivity contribution in [1.29, 1.82) is 0 Å². The van der Waals surface area contributed by atoms with E-state index in [0.717, 1.165) is 11.5 Å². The van der Waals surface area contributed by atoms with Crippen molar-refractivity contribution in [1.82, 2.24) is 5.12 Å². The summed E-state index contributed by atoms with van der Waals surface area (Å²) in [6.07, 6.45) is 1.02. The minimum absolute atomic E-state index is 0. The highest BCUT2D eigenvalue weighted by Crippen LogP contribution is 2.13. The molecule has 1 fully saturated rings. The van der Waals surface area contributed by atoms with Crippen molar-refractivity contribution < 1.29 is 4.48 Å². The van der Waals surface area contributed by atoms with Crippen LogP contribution in [0, 0.1) is 5.92 Å². The maximum atomic E-state index is 12.0. The minimum atomic E-state index is 0. The summed E-state index contributed by atoms with van der Waals surface area (Å²) in [5.41, 5.74) is 0. The van der Waals surface area contributed by atoms with Crippen molar-refractivity contribution in [2.75, 3.05) is 13.1 Å². The first kappa shape index (κ1) is 8.18. The molecule has 1 aliphatic rings. The quantitative estimate of drug-likeness (QED) is 0.461. The molecule has 8 heavy (non-hydrogen) atoms. The van der Waals surface area contributed by atoms with Gasteiger partial charge >= 0.3 is 0 Å². The van der Waals surface area contributed by atoms with Crippen molar-refractivity contribution in [3.63, 3.8) is 0 Å². The van der Waals surface area contributed by atoms with Crippen LogP contribution in [0.1, 0.15) is 13.3 Å². The summed E-state index contributed by atoms with van der Waals surface area (Å²) in [5.74, 6) is 0.574. The van der Waals surface area contributed by atoms with Gasteiger partial charge in [0.2, 0.25) is 0 Å². The maximum Gasteiger partial charge on any atom is 0.0316 e. The molecule has 1 saturated heterocycles. The first-order valence-electron chi connectivity index (χ1n) is 2.70. The lowest BCUT2D eigenvalue weighted by Gasteiger charge is -1.97. The average molecular weight is 140 g/mol. The van der Waals surface area contributed by atoms with Crippen molar-refractivity contribution >= 4 is 12.4 Å². The van der Waals surface area contributed by atoms with Gasteiger partial charge in [0.15, 0.2) is 0 Å². The third kappa shape index (κ3) is 1.97. The summed E-state index contributed by atoms with van der Waals surface area (Å²) in [6, 6.07) is 0. The highest BCUT2D eigenvalue weighted by atomic mass is 35.5. The Labute approximate surface area is 55.2 Å². The molecule has 1 nitrogen and oxygen atoms in total. The van der Waals surface area contributed by atoms with E-state index in [9.17, 15) is 4.48 Å². The molecule has 1 aliphatic heterocycles. The average Bonchev–Trinajstić information content (AvgIpc) is 1.87. The molecule has 0 radical (unpaired) electrons. The lowest BCUT2D eigenvalue weighted by Crippen LogP contribution is -2.06. The van der Waals surface area contributed by atoms with Gasteiger partial charge in [-0.25, -0.2) is 0 Å². The van der Waals surface area contributed by atoms with Crippen LogP contribution >= 0.6 is 12.4 Å². The van der Waals surface area contributed by atoms with Crippen LogP contribution in [0.3, 0.4) is 0 Å². The van der Waals surface area contributed by atoms with Crippen LogP contribution in [0.15, 0.2) is 0 Å². The predicted octanol–water partition coefficient (Wildman–Crippen LogP) is 1.63. The second-order valence-electron chi connectivity index (χ2n) is 2.26. The smallest absolute Gasteiger partial charge is 0.0316 e. The fourth-order valence-electron chi connectivity index (χ4n) is 0.881. The fourth-order valence-corrected chi connectivity index (χ4v) is 0.881. The highest BCUT2D eigenvalue weighted by molar-refractivity contribution is 5.85. The molecule has 0 aromatic heterocycles. The minimum Gasteiger partial charge on any atom is -0.147 e. The van der Waals surface area contributed by atoms with Crippen LogP contribution in [0.2, 0.25) is 0 Å². The molecule has 1 heterocycles. The molecule has 0 amide bonds. The van der Waals surface area contributed by atoms with Gasteiger partial charge in [0.05, 0.1) is 0 Å². The van der Waals surface area contributed by atoms with Crippen LogP contribution in [0.4, 0.5) is 4.48 Å². The van der Waals surface area contributed by atoms with Gasteiger partial charge in [-0.2, -0.15) is 0 Å². The largest absolute Gasteiger partial charge is 0.147 e. The third-order valence-electron chi connectivity index (χ3n) is 1.37. The summed E-state index contributed by atoms with van der Waals surface area (Å²) in [7, 11) is 0. The van der Waals surface area contributed by atoms with E-state index in [1.807, 2.05) is 0 Å². The number of hydrogen-bond acceptors (Lipinski definition) is 1. The standard InChI is InChI=1S/C5H10FN.ClH/c1-5-2-3-7(6)4-5;/h5H,2-4H2,1H3;1H/t5-;/m1./s1. The van der Waals surface area contributed by atoms with Crippen LogP contribution in [-0.2, 0) is 0 Å². The van der Waals surface area contributed by atoms with E-state index < -0.39 is 0 Å². The molecule has 0 N–H and O–H groups in total. The van der Waals surface area contributed by atoms with Gasteiger partial charge < -0.3 is 0 Å². The zero-order chi connectivity index (χ0) is 5.28. The summed E-state index contributed by atoms with van der Waals surface area (Å²) in [5, 5.41) is 0.880. The Bertz CT molecular complexity index is 61.4. The van der Waals surface area contributed by atoms with Crippen molar-refractivity contribution in [2.45, 2.75) is 13.3 Å². The first-order chi connectivity index (χ1) is 3.29. The summed E-state index contributed by atoms with van der Waals surface area (Å²) in [4.78, 5) is 0. The van der Waals surface area contributed by atoms with E-state index in [4.69, 9.17) is 0 Å². The second-order valence-corrected chi connectivity index (χ2v) is 2.26. The van der Waals surface area contributed by atoms with Gasteiger partial charge in [0, 0.05) is 13.1 Å². The fraction of sp³-hybridized carbons (Fsp3) is 1.00. The van der Waals surface area contributed by atoms with Gasteiger partial charge in [-0.05, 0) is 12.3 Å². The van der Waals surface area contributed by atoms with Gasteiger partial charge in [-0.3, -0.25) is 0 Å². The Kier molecular flexibility index (Phi) is 3.33. The van der Waals surface area contributed by atoms with E-state index in [1.165, 1.54) is 0 Å². The summed E-state index contributed by atoms with van der Waals surface area (Å²) < 4.78 is 12.0.